The van der Waals surface area contributed by atoms with Crippen LogP contribution in [0, 0.1) is 0 Å². The van der Waals surface area contributed by atoms with E-state index < -0.39 is 0 Å². The molecular weight excluding hydrogens is 202 g/mol. The standard InChI is InChI=1S/C11H15N5/c1-8(5-12)16-11-14-6-9(7-15-11)10-3-2-4-13-10/h2-4,6-8,13H,5,12H2,1H3,(H,14,15,16). The molecule has 5 nitrogen and oxygen atoms in total. The van der Waals surface area contributed by atoms with E-state index in [-0.39, 0.29) is 6.04 Å². The Labute approximate surface area is 94.1 Å². The summed E-state index contributed by atoms with van der Waals surface area (Å²) < 4.78 is 0. The molecule has 0 radical (unpaired) electrons. The monoisotopic (exact) mass is 217 g/mol. The number of aromatic nitrogens is 3. The SMILES string of the molecule is CC(CN)Nc1ncc(-c2ccc[nH]2)cn1. The number of nitrogens with one attached hydrogen (secondary N) is 2. The third-order valence-corrected chi connectivity index (χ3v) is 2.29. The Hall–Kier alpha value is -1.88. The lowest BCUT2D eigenvalue weighted by molar-refractivity contribution is 0.790. The molecule has 4 N–H and O–H groups in total. The van der Waals surface area contributed by atoms with Crippen LogP contribution in [0.2, 0.25) is 0 Å². The second-order valence-electron chi connectivity index (χ2n) is 3.66. The van der Waals surface area contributed by atoms with Crippen LogP contribution >= 0.6 is 0 Å². The molecule has 1 unspecified atom stereocenters. The fourth-order valence-corrected chi connectivity index (χ4v) is 1.33. The lowest BCUT2D eigenvalue weighted by Crippen LogP contribution is -2.26. The number of anilines is 1. The first-order valence-electron chi connectivity index (χ1n) is 5.22. The van der Waals surface area contributed by atoms with E-state index in [1.807, 2.05) is 25.3 Å². The van der Waals surface area contributed by atoms with Gasteiger partial charge in [0.1, 0.15) is 0 Å². The Bertz CT molecular complexity index is 420. The number of rotatable bonds is 4. The highest BCUT2D eigenvalue weighted by atomic mass is 15.1. The van der Waals surface area contributed by atoms with Gasteiger partial charge in [-0.15, -0.1) is 0 Å². The van der Waals surface area contributed by atoms with E-state index in [9.17, 15) is 0 Å². The minimum Gasteiger partial charge on any atom is -0.361 e. The van der Waals surface area contributed by atoms with Crippen molar-refractivity contribution in [2.45, 2.75) is 13.0 Å². The first-order valence-corrected chi connectivity index (χ1v) is 5.22. The number of H-pyrrole nitrogens is 1. The van der Waals surface area contributed by atoms with Gasteiger partial charge in [-0.05, 0) is 19.1 Å². The van der Waals surface area contributed by atoms with E-state index in [0.29, 0.717) is 12.5 Å². The van der Waals surface area contributed by atoms with Crippen LogP contribution in [0.3, 0.4) is 0 Å². The van der Waals surface area contributed by atoms with Crippen molar-refractivity contribution in [2.75, 3.05) is 11.9 Å². The van der Waals surface area contributed by atoms with Crippen molar-refractivity contribution in [2.24, 2.45) is 5.73 Å². The Morgan fingerprint density at radius 1 is 1.44 bits per heavy atom. The average molecular weight is 217 g/mol. The highest BCUT2D eigenvalue weighted by molar-refractivity contribution is 5.57. The quantitative estimate of drug-likeness (QED) is 0.719. The largest absolute Gasteiger partial charge is 0.361 e. The van der Waals surface area contributed by atoms with Gasteiger partial charge in [0.15, 0.2) is 0 Å². The molecule has 0 aliphatic rings. The number of hydrogen-bond donors (Lipinski definition) is 3. The van der Waals surface area contributed by atoms with Gasteiger partial charge in [-0.2, -0.15) is 0 Å². The van der Waals surface area contributed by atoms with Crippen molar-refractivity contribution in [3.05, 3.63) is 30.7 Å². The molecule has 0 bridgehead atoms. The third-order valence-electron chi connectivity index (χ3n) is 2.29. The molecule has 0 fully saturated rings. The van der Waals surface area contributed by atoms with E-state index in [1.165, 1.54) is 0 Å². The maximum absolute atomic E-state index is 5.50. The van der Waals surface area contributed by atoms with Gasteiger partial charge >= 0.3 is 0 Å². The van der Waals surface area contributed by atoms with E-state index >= 15 is 0 Å². The Kier molecular flexibility index (Phi) is 3.16. The zero-order valence-corrected chi connectivity index (χ0v) is 9.14. The highest BCUT2D eigenvalue weighted by Crippen LogP contribution is 2.15. The van der Waals surface area contributed by atoms with Crippen molar-refractivity contribution in [1.29, 1.82) is 0 Å². The van der Waals surface area contributed by atoms with Gasteiger partial charge in [0.25, 0.3) is 0 Å². The van der Waals surface area contributed by atoms with E-state index in [0.717, 1.165) is 11.3 Å². The van der Waals surface area contributed by atoms with Crippen LogP contribution in [-0.2, 0) is 0 Å². The summed E-state index contributed by atoms with van der Waals surface area (Å²) in [7, 11) is 0. The van der Waals surface area contributed by atoms with E-state index in [4.69, 9.17) is 5.73 Å². The molecule has 2 heterocycles. The molecule has 84 valence electrons. The van der Waals surface area contributed by atoms with Gasteiger partial charge in [0, 0.05) is 42.4 Å². The first kappa shape index (κ1) is 10.6. The number of hydrogen-bond acceptors (Lipinski definition) is 4. The molecule has 2 aromatic rings. The Morgan fingerprint density at radius 2 is 2.19 bits per heavy atom. The fraction of sp³-hybridized carbons (Fsp3) is 0.273. The summed E-state index contributed by atoms with van der Waals surface area (Å²) in [6.45, 7) is 2.55. The zero-order chi connectivity index (χ0) is 11.4. The fourth-order valence-electron chi connectivity index (χ4n) is 1.33. The van der Waals surface area contributed by atoms with Crippen molar-refractivity contribution in [3.8, 4) is 11.3 Å². The zero-order valence-electron chi connectivity index (χ0n) is 9.14. The summed E-state index contributed by atoms with van der Waals surface area (Å²) in [5.74, 6) is 0.605. The Morgan fingerprint density at radius 3 is 2.75 bits per heavy atom. The smallest absolute Gasteiger partial charge is 0.222 e. The second-order valence-corrected chi connectivity index (χ2v) is 3.66. The van der Waals surface area contributed by atoms with Crippen LogP contribution in [0.4, 0.5) is 5.95 Å². The topological polar surface area (TPSA) is 79.6 Å². The summed E-state index contributed by atoms with van der Waals surface area (Å²) in [5, 5.41) is 3.11. The summed E-state index contributed by atoms with van der Waals surface area (Å²) >= 11 is 0. The van der Waals surface area contributed by atoms with Crippen LogP contribution in [0.15, 0.2) is 30.7 Å². The average Bonchev–Trinajstić information content (AvgIpc) is 2.83. The summed E-state index contributed by atoms with van der Waals surface area (Å²) in [6.07, 6.45) is 5.44. The van der Waals surface area contributed by atoms with Crippen molar-refractivity contribution < 1.29 is 0 Å². The second kappa shape index (κ2) is 4.76. The molecule has 0 amide bonds. The van der Waals surface area contributed by atoms with Crippen LogP contribution in [0.1, 0.15) is 6.92 Å². The molecule has 1 atom stereocenters. The predicted molar refractivity (Wildman–Crippen MR) is 64.0 cm³/mol. The van der Waals surface area contributed by atoms with Gasteiger partial charge in [0.2, 0.25) is 5.95 Å². The molecular formula is C11H15N5. The molecule has 5 heteroatoms. The summed E-state index contributed by atoms with van der Waals surface area (Å²) in [4.78, 5) is 11.6. The minimum atomic E-state index is 0.177. The Balaban J connectivity index is 2.11. The van der Waals surface area contributed by atoms with Crippen molar-refractivity contribution in [3.63, 3.8) is 0 Å². The molecule has 0 saturated heterocycles. The van der Waals surface area contributed by atoms with Gasteiger partial charge in [0.05, 0.1) is 0 Å². The molecule has 0 aliphatic heterocycles. The molecule has 0 saturated carbocycles. The predicted octanol–water partition coefficient (Wildman–Crippen LogP) is 1.23. The van der Waals surface area contributed by atoms with E-state index in [2.05, 4.69) is 20.3 Å². The number of aromatic amines is 1. The van der Waals surface area contributed by atoms with E-state index in [1.54, 1.807) is 12.4 Å². The van der Waals surface area contributed by atoms with Crippen LogP contribution in [-0.4, -0.2) is 27.5 Å². The van der Waals surface area contributed by atoms with Gasteiger partial charge in [-0.1, -0.05) is 0 Å². The maximum Gasteiger partial charge on any atom is 0.222 e. The summed E-state index contributed by atoms with van der Waals surface area (Å²) in [5.41, 5.74) is 7.48. The van der Waals surface area contributed by atoms with Gasteiger partial charge in [-0.3, -0.25) is 0 Å². The van der Waals surface area contributed by atoms with Crippen molar-refractivity contribution >= 4 is 5.95 Å². The van der Waals surface area contributed by atoms with Crippen LogP contribution < -0.4 is 11.1 Å². The lowest BCUT2D eigenvalue weighted by atomic mass is 10.2. The van der Waals surface area contributed by atoms with Crippen molar-refractivity contribution in [1.82, 2.24) is 15.0 Å². The highest BCUT2D eigenvalue weighted by Gasteiger charge is 2.03. The molecule has 2 aromatic heterocycles. The van der Waals surface area contributed by atoms with Gasteiger partial charge < -0.3 is 16.0 Å². The van der Waals surface area contributed by atoms with Crippen LogP contribution in [0.5, 0.6) is 0 Å². The molecule has 2 rings (SSSR count). The van der Waals surface area contributed by atoms with Gasteiger partial charge in [-0.25, -0.2) is 9.97 Å². The maximum atomic E-state index is 5.50. The minimum absolute atomic E-state index is 0.177. The molecule has 16 heavy (non-hydrogen) atoms. The third kappa shape index (κ3) is 2.38. The lowest BCUT2D eigenvalue weighted by Gasteiger charge is -2.10. The molecule has 0 aromatic carbocycles. The molecule has 0 aliphatic carbocycles. The number of nitrogens with zero attached hydrogens (tertiary/aromatic N) is 2. The summed E-state index contributed by atoms with van der Waals surface area (Å²) in [6, 6.07) is 4.10. The molecule has 0 spiro atoms. The first-order chi connectivity index (χ1) is 7.79. The normalized spacial score (nSPS) is 12.4. The number of nitrogens with two attached hydrogens (primary N) is 1. The van der Waals surface area contributed by atoms with Crippen LogP contribution in [0.25, 0.3) is 11.3 Å².